The topological polar surface area (TPSA) is 74.3 Å². The van der Waals surface area contributed by atoms with Crippen molar-refractivity contribution in [2.24, 2.45) is 0 Å². The lowest BCUT2D eigenvalue weighted by Crippen LogP contribution is -2.41. The smallest absolute Gasteiger partial charge is 0.494 e. The summed E-state index contributed by atoms with van der Waals surface area (Å²) in [7, 11) is -0.804. The number of hydrogen-bond donors (Lipinski definition) is 0. The number of methoxy groups -OCH3 is 2. The molecule has 2 aliphatic rings. The summed E-state index contributed by atoms with van der Waals surface area (Å²) in [5.41, 5.74) is 2.42. The molecule has 2 aliphatic heterocycles. The fourth-order valence-electron chi connectivity index (χ4n) is 3.99. The maximum Gasteiger partial charge on any atom is 0.494 e. The van der Waals surface area contributed by atoms with Gasteiger partial charge in [-0.15, -0.1) is 0 Å². The summed E-state index contributed by atoms with van der Waals surface area (Å²) in [6.45, 7) is 8.24. The maximum atomic E-state index is 13.0. The van der Waals surface area contributed by atoms with Crippen LogP contribution in [0.4, 0.5) is 5.69 Å². The molecule has 0 atom stereocenters. The van der Waals surface area contributed by atoms with Gasteiger partial charge in [0.15, 0.2) is 0 Å². The molecule has 0 amide bonds. The number of fused-ring (bicyclic) bond motifs is 1. The van der Waals surface area contributed by atoms with Crippen molar-refractivity contribution in [3.8, 4) is 11.5 Å². The summed E-state index contributed by atoms with van der Waals surface area (Å²) >= 11 is 0. The lowest BCUT2D eigenvalue weighted by molar-refractivity contribution is 0.00578. The summed E-state index contributed by atoms with van der Waals surface area (Å²) in [5, 5.41) is 0. The van der Waals surface area contributed by atoms with Crippen LogP contribution in [0.15, 0.2) is 36.4 Å². The first-order chi connectivity index (χ1) is 15.0. The minimum atomic E-state index is -3.46. The summed E-state index contributed by atoms with van der Waals surface area (Å²) in [6.07, 6.45) is 0.446. The van der Waals surface area contributed by atoms with E-state index in [-0.39, 0.29) is 12.3 Å². The van der Waals surface area contributed by atoms with E-state index >= 15 is 0 Å². The number of rotatable bonds is 5. The molecule has 0 bridgehead atoms. The van der Waals surface area contributed by atoms with Gasteiger partial charge in [-0.3, -0.25) is 4.31 Å². The van der Waals surface area contributed by atoms with Crippen molar-refractivity contribution in [3.63, 3.8) is 0 Å². The highest BCUT2D eigenvalue weighted by molar-refractivity contribution is 7.92. The number of benzene rings is 2. The van der Waals surface area contributed by atoms with Crippen LogP contribution in [0, 0.1) is 0 Å². The van der Waals surface area contributed by atoms with Gasteiger partial charge < -0.3 is 18.8 Å². The van der Waals surface area contributed by atoms with E-state index in [9.17, 15) is 8.42 Å². The molecule has 9 heteroatoms. The Balaban J connectivity index is 1.67. The van der Waals surface area contributed by atoms with Crippen molar-refractivity contribution >= 4 is 28.3 Å². The minimum absolute atomic E-state index is 0.0469. The number of hydrogen-bond acceptors (Lipinski definition) is 6. The number of sulfonamides is 1. The highest BCUT2D eigenvalue weighted by atomic mass is 32.2. The van der Waals surface area contributed by atoms with Gasteiger partial charge in [0.2, 0.25) is 10.0 Å². The fraction of sp³-hybridized carbons (Fsp3) is 0.478. The second kappa shape index (κ2) is 7.97. The summed E-state index contributed by atoms with van der Waals surface area (Å²) in [6, 6.07) is 11.1. The maximum absolute atomic E-state index is 13.0. The van der Waals surface area contributed by atoms with Crippen LogP contribution in [0.1, 0.15) is 38.8 Å². The summed E-state index contributed by atoms with van der Waals surface area (Å²) in [5.74, 6) is 1.28. The van der Waals surface area contributed by atoms with Crippen LogP contribution >= 0.6 is 0 Å². The molecule has 0 saturated carbocycles. The quantitative estimate of drug-likeness (QED) is 0.641. The van der Waals surface area contributed by atoms with Crippen molar-refractivity contribution in [2.75, 3.05) is 24.3 Å². The van der Waals surface area contributed by atoms with Crippen molar-refractivity contribution in [1.82, 2.24) is 0 Å². The van der Waals surface area contributed by atoms with Gasteiger partial charge in [-0.05, 0) is 63.3 Å². The van der Waals surface area contributed by atoms with E-state index in [2.05, 4.69) is 0 Å². The van der Waals surface area contributed by atoms with Gasteiger partial charge in [-0.1, -0.05) is 12.1 Å². The lowest BCUT2D eigenvalue weighted by atomic mass is 9.78. The Labute approximate surface area is 190 Å². The predicted molar refractivity (Wildman–Crippen MR) is 125 cm³/mol. The zero-order valence-electron chi connectivity index (χ0n) is 19.5. The molecule has 0 radical (unpaired) electrons. The van der Waals surface area contributed by atoms with Gasteiger partial charge in [0.25, 0.3) is 0 Å². The molecule has 0 aromatic heterocycles. The molecule has 2 heterocycles. The van der Waals surface area contributed by atoms with E-state index in [4.69, 9.17) is 18.8 Å². The SMILES string of the molecule is COc1ccc(CN2c3ccc(B4OC(C)(C)C(C)(C)O4)cc3CCS2(=O)=O)c(OC)c1. The van der Waals surface area contributed by atoms with Crippen molar-refractivity contribution in [2.45, 2.75) is 51.9 Å². The van der Waals surface area contributed by atoms with Crippen molar-refractivity contribution in [1.29, 1.82) is 0 Å². The molecular formula is C23H30BNO6S. The molecule has 0 spiro atoms. The summed E-state index contributed by atoms with van der Waals surface area (Å²) < 4.78 is 50.5. The highest BCUT2D eigenvalue weighted by Crippen LogP contribution is 2.38. The second-order valence-electron chi connectivity index (χ2n) is 9.23. The molecular weight excluding hydrogens is 429 g/mol. The van der Waals surface area contributed by atoms with E-state index in [0.717, 1.165) is 16.6 Å². The van der Waals surface area contributed by atoms with Gasteiger partial charge in [-0.2, -0.15) is 0 Å². The van der Waals surface area contributed by atoms with Crippen molar-refractivity contribution < 1.29 is 27.2 Å². The second-order valence-corrected chi connectivity index (χ2v) is 11.2. The van der Waals surface area contributed by atoms with Gasteiger partial charge in [0.05, 0.1) is 43.4 Å². The third-order valence-electron chi connectivity index (χ3n) is 6.67. The Morgan fingerprint density at radius 2 is 1.69 bits per heavy atom. The molecule has 32 heavy (non-hydrogen) atoms. The third kappa shape index (κ3) is 3.98. The van der Waals surface area contributed by atoms with Crippen LogP contribution in [0.25, 0.3) is 0 Å². The van der Waals surface area contributed by atoms with E-state index in [1.165, 1.54) is 4.31 Å². The number of ether oxygens (including phenoxy) is 2. The molecule has 1 fully saturated rings. The Morgan fingerprint density at radius 1 is 1.00 bits per heavy atom. The normalized spacial score (nSPS) is 20.7. The zero-order chi connectivity index (χ0) is 23.3. The molecule has 4 rings (SSSR count). The Morgan fingerprint density at radius 3 is 2.31 bits per heavy atom. The summed E-state index contributed by atoms with van der Waals surface area (Å²) in [4.78, 5) is 0. The largest absolute Gasteiger partial charge is 0.497 e. The van der Waals surface area contributed by atoms with Gasteiger partial charge in [0, 0.05) is 11.6 Å². The number of nitrogens with zero attached hydrogens (tertiary/aromatic N) is 1. The van der Waals surface area contributed by atoms with Crippen LogP contribution in [0.5, 0.6) is 11.5 Å². The molecule has 0 aliphatic carbocycles. The van der Waals surface area contributed by atoms with Crippen LogP contribution in [0.3, 0.4) is 0 Å². The number of aryl methyl sites for hydroxylation is 1. The third-order valence-corrected chi connectivity index (χ3v) is 8.39. The fourth-order valence-corrected chi connectivity index (χ4v) is 5.51. The lowest BCUT2D eigenvalue weighted by Gasteiger charge is -2.32. The first kappa shape index (κ1) is 23.0. The van der Waals surface area contributed by atoms with Crippen LogP contribution in [0.2, 0.25) is 0 Å². The standard InChI is InChI=1S/C23H30BNO6S/c1-22(2)23(3,4)31-24(30-22)18-8-10-20-16(13-18)11-12-32(26,27)25(20)15-17-7-9-19(28-5)14-21(17)29-6/h7-10,13-14H,11-12,15H2,1-6H3. The zero-order valence-corrected chi connectivity index (χ0v) is 20.3. The van der Waals surface area contributed by atoms with Crippen LogP contribution in [-0.2, 0) is 32.3 Å². The molecule has 2 aromatic rings. The molecule has 0 unspecified atom stereocenters. The molecule has 0 N–H and O–H groups in total. The molecule has 172 valence electrons. The Hall–Kier alpha value is -2.23. The van der Waals surface area contributed by atoms with E-state index in [1.807, 2.05) is 52.0 Å². The minimum Gasteiger partial charge on any atom is -0.497 e. The molecule has 7 nitrogen and oxygen atoms in total. The monoisotopic (exact) mass is 459 g/mol. The van der Waals surface area contributed by atoms with Gasteiger partial charge in [-0.25, -0.2) is 8.42 Å². The molecule has 2 aromatic carbocycles. The first-order valence-corrected chi connectivity index (χ1v) is 12.3. The van der Waals surface area contributed by atoms with Crippen LogP contribution < -0.4 is 19.2 Å². The molecule has 1 saturated heterocycles. The Kier molecular flexibility index (Phi) is 5.72. The van der Waals surface area contributed by atoms with Crippen molar-refractivity contribution in [3.05, 3.63) is 47.5 Å². The van der Waals surface area contributed by atoms with Gasteiger partial charge in [0.1, 0.15) is 11.5 Å². The van der Waals surface area contributed by atoms with E-state index < -0.39 is 28.3 Å². The van der Waals surface area contributed by atoms with E-state index in [1.54, 1.807) is 26.4 Å². The Bertz CT molecular complexity index is 1120. The van der Waals surface area contributed by atoms with Gasteiger partial charge >= 0.3 is 7.12 Å². The first-order valence-electron chi connectivity index (χ1n) is 10.7. The van der Waals surface area contributed by atoms with Crippen LogP contribution in [-0.4, -0.2) is 46.7 Å². The predicted octanol–water partition coefficient (Wildman–Crippen LogP) is 2.90. The average molecular weight is 459 g/mol. The highest BCUT2D eigenvalue weighted by Gasteiger charge is 2.51. The number of anilines is 1. The van der Waals surface area contributed by atoms with E-state index in [0.29, 0.717) is 23.6 Å². The average Bonchev–Trinajstić information content (AvgIpc) is 2.97.